The van der Waals surface area contributed by atoms with E-state index in [1.54, 1.807) is 0 Å². The molecule has 8 nitrogen and oxygen atoms in total. The topological polar surface area (TPSA) is 119 Å². The Labute approximate surface area is 142 Å². The number of ether oxygens (including phenoxy) is 2. The second kappa shape index (κ2) is 8.76. The van der Waals surface area contributed by atoms with E-state index in [1.165, 1.54) is 19.1 Å². The number of carboxylic acid groups (broad SMARTS) is 1. The van der Waals surface area contributed by atoms with Gasteiger partial charge >= 0.3 is 17.9 Å². The van der Waals surface area contributed by atoms with Crippen molar-refractivity contribution in [2.75, 3.05) is 14.2 Å². The van der Waals surface area contributed by atoms with Crippen LogP contribution < -0.4 is 5.32 Å². The number of amides is 1. The number of carbonyl (C=O) groups excluding carboxylic acids is 3. The third-order valence-corrected chi connectivity index (χ3v) is 3.62. The summed E-state index contributed by atoms with van der Waals surface area (Å²) in [5.74, 6) is -7.49. The van der Waals surface area contributed by atoms with Crippen molar-refractivity contribution in [3.8, 4) is 0 Å². The number of halogens is 1. The van der Waals surface area contributed by atoms with Gasteiger partial charge in [-0.1, -0.05) is 6.92 Å². The zero-order chi connectivity index (χ0) is 19.1. The van der Waals surface area contributed by atoms with Gasteiger partial charge in [0.1, 0.15) is 11.9 Å². The number of benzene rings is 1. The summed E-state index contributed by atoms with van der Waals surface area (Å²) >= 11 is 0. The largest absolute Gasteiger partial charge is 0.480 e. The number of rotatable bonds is 7. The van der Waals surface area contributed by atoms with Crippen LogP contribution in [0, 0.1) is 17.7 Å². The molecule has 1 amide bonds. The van der Waals surface area contributed by atoms with Gasteiger partial charge in [-0.3, -0.25) is 14.4 Å². The van der Waals surface area contributed by atoms with E-state index in [0.717, 1.165) is 26.4 Å². The molecule has 2 N–H and O–H groups in total. The molecule has 0 saturated carbocycles. The molecule has 1 aromatic rings. The zero-order valence-electron chi connectivity index (χ0n) is 13.8. The summed E-state index contributed by atoms with van der Waals surface area (Å²) in [4.78, 5) is 47.3. The summed E-state index contributed by atoms with van der Waals surface area (Å²) in [6, 6.07) is 2.85. The van der Waals surface area contributed by atoms with Gasteiger partial charge in [-0.15, -0.1) is 0 Å². The predicted molar refractivity (Wildman–Crippen MR) is 82.0 cm³/mol. The molecule has 0 aromatic heterocycles. The average molecular weight is 355 g/mol. The van der Waals surface area contributed by atoms with Gasteiger partial charge in [0.25, 0.3) is 5.91 Å². The average Bonchev–Trinajstić information content (AvgIpc) is 2.59. The Balaban J connectivity index is 3.06. The molecule has 0 unspecified atom stereocenters. The summed E-state index contributed by atoms with van der Waals surface area (Å²) < 4.78 is 21.9. The highest BCUT2D eigenvalue weighted by molar-refractivity contribution is 5.98. The maximum atomic E-state index is 12.9. The van der Waals surface area contributed by atoms with E-state index in [4.69, 9.17) is 0 Å². The van der Waals surface area contributed by atoms with Gasteiger partial charge < -0.3 is 19.9 Å². The van der Waals surface area contributed by atoms with Gasteiger partial charge in [-0.05, 0) is 24.3 Å². The molecular weight excluding hydrogens is 337 g/mol. The molecule has 0 radical (unpaired) electrons. The van der Waals surface area contributed by atoms with Crippen molar-refractivity contribution in [3.05, 3.63) is 35.6 Å². The lowest BCUT2D eigenvalue weighted by atomic mass is 9.87. The van der Waals surface area contributed by atoms with E-state index in [1.807, 2.05) is 0 Å². The summed E-state index contributed by atoms with van der Waals surface area (Å²) in [7, 11) is 2.08. The maximum Gasteiger partial charge on any atom is 0.326 e. The quantitative estimate of drug-likeness (QED) is 0.543. The molecule has 0 spiro atoms. The van der Waals surface area contributed by atoms with Crippen molar-refractivity contribution in [1.82, 2.24) is 5.32 Å². The number of nitrogens with one attached hydrogen (secondary N) is 1. The van der Waals surface area contributed by atoms with Crippen molar-refractivity contribution in [1.29, 1.82) is 0 Å². The minimum absolute atomic E-state index is 0.0209. The third kappa shape index (κ3) is 5.00. The molecule has 1 aromatic carbocycles. The monoisotopic (exact) mass is 355 g/mol. The van der Waals surface area contributed by atoms with Crippen LogP contribution in [0.15, 0.2) is 24.3 Å². The van der Waals surface area contributed by atoms with Gasteiger partial charge in [0.15, 0.2) is 5.92 Å². The summed E-state index contributed by atoms with van der Waals surface area (Å²) in [5, 5.41) is 11.6. The van der Waals surface area contributed by atoms with Crippen LogP contribution >= 0.6 is 0 Å². The van der Waals surface area contributed by atoms with E-state index in [2.05, 4.69) is 14.8 Å². The lowest BCUT2D eigenvalue weighted by Crippen LogP contribution is -2.50. The van der Waals surface area contributed by atoms with Crippen LogP contribution in [0.25, 0.3) is 0 Å². The number of esters is 2. The number of carboxylic acids is 1. The smallest absolute Gasteiger partial charge is 0.326 e. The number of hydrogen-bond donors (Lipinski definition) is 2. The SMILES string of the molecule is COC(=O)C(C(=O)OC)[C@H](C)[C@H](NC(=O)c1ccc(F)cc1)C(=O)O. The molecule has 0 bridgehead atoms. The number of hydrogen-bond acceptors (Lipinski definition) is 6. The third-order valence-electron chi connectivity index (χ3n) is 3.62. The lowest BCUT2D eigenvalue weighted by molar-refractivity contribution is -0.162. The molecule has 2 atom stereocenters. The van der Waals surface area contributed by atoms with Crippen LogP contribution in [0.4, 0.5) is 4.39 Å². The minimum atomic E-state index is -1.58. The van der Waals surface area contributed by atoms with Crippen LogP contribution in [-0.4, -0.2) is 49.2 Å². The molecule has 0 fully saturated rings. The standard InChI is InChI=1S/C16H18FNO7/c1-8(11(15(22)24-2)16(23)25-3)12(14(20)21)18-13(19)9-4-6-10(17)7-5-9/h4-8,11-12H,1-3H3,(H,18,19)(H,20,21)/t8-,12-/m0/s1. The highest BCUT2D eigenvalue weighted by atomic mass is 19.1. The Morgan fingerprint density at radius 2 is 1.52 bits per heavy atom. The van der Waals surface area contributed by atoms with Crippen LogP contribution in [0.5, 0.6) is 0 Å². The molecule has 25 heavy (non-hydrogen) atoms. The van der Waals surface area contributed by atoms with Crippen LogP contribution in [-0.2, 0) is 23.9 Å². The molecule has 0 aliphatic rings. The number of aliphatic carboxylic acids is 1. The fourth-order valence-corrected chi connectivity index (χ4v) is 2.22. The van der Waals surface area contributed by atoms with Gasteiger partial charge in [0.05, 0.1) is 14.2 Å². The highest BCUT2D eigenvalue weighted by Crippen LogP contribution is 2.20. The summed E-state index contributed by atoms with van der Waals surface area (Å²) in [5.41, 5.74) is 0.0209. The van der Waals surface area contributed by atoms with Crippen molar-refractivity contribution >= 4 is 23.8 Å². The Morgan fingerprint density at radius 3 is 1.92 bits per heavy atom. The van der Waals surface area contributed by atoms with Crippen molar-refractivity contribution in [2.45, 2.75) is 13.0 Å². The van der Waals surface area contributed by atoms with Gasteiger partial charge in [-0.25, -0.2) is 9.18 Å². The van der Waals surface area contributed by atoms with Gasteiger partial charge in [-0.2, -0.15) is 0 Å². The van der Waals surface area contributed by atoms with Crippen LogP contribution in [0.2, 0.25) is 0 Å². The molecule has 0 aliphatic carbocycles. The summed E-state index contributed by atoms with van der Waals surface area (Å²) in [6.45, 7) is 1.29. The van der Waals surface area contributed by atoms with E-state index in [0.29, 0.717) is 0 Å². The normalized spacial score (nSPS) is 12.8. The van der Waals surface area contributed by atoms with E-state index >= 15 is 0 Å². The van der Waals surface area contributed by atoms with Crippen LogP contribution in [0.1, 0.15) is 17.3 Å². The first-order chi connectivity index (χ1) is 11.7. The first-order valence-electron chi connectivity index (χ1n) is 7.17. The second-order valence-electron chi connectivity index (χ2n) is 5.18. The van der Waals surface area contributed by atoms with Gasteiger partial charge in [0, 0.05) is 11.5 Å². The Morgan fingerprint density at radius 1 is 1.04 bits per heavy atom. The first-order valence-corrected chi connectivity index (χ1v) is 7.17. The second-order valence-corrected chi connectivity index (χ2v) is 5.18. The fraction of sp³-hybridized carbons (Fsp3) is 0.375. The molecule has 0 saturated heterocycles. The van der Waals surface area contributed by atoms with Crippen molar-refractivity contribution < 1.29 is 38.1 Å². The number of methoxy groups -OCH3 is 2. The lowest BCUT2D eigenvalue weighted by Gasteiger charge is -2.26. The van der Waals surface area contributed by atoms with E-state index in [-0.39, 0.29) is 5.56 Å². The molecule has 1 rings (SSSR count). The Kier molecular flexibility index (Phi) is 7.04. The highest BCUT2D eigenvalue weighted by Gasteiger charge is 2.42. The molecule has 0 aliphatic heterocycles. The zero-order valence-corrected chi connectivity index (χ0v) is 13.8. The number of carbonyl (C=O) groups is 4. The fourth-order valence-electron chi connectivity index (χ4n) is 2.22. The van der Waals surface area contributed by atoms with E-state index < -0.39 is 47.5 Å². The molecule has 0 heterocycles. The van der Waals surface area contributed by atoms with Gasteiger partial charge in [0.2, 0.25) is 0 Å². The minimum Gasteiger partial charge on any atom is -0.480 e. The van der Waals surface area contributed by atoms with Crippen LogP contribution in [0.3, 0.4) is 0 Å². The molecule has 136 valence electrons. The Hall–Kier alpha value is -2.97. The van der Waals surface area contributed by atoms with Crippen molar-refractivity contribution in [2.24, 2.45) is 11.8 Å². The maximum absolute atomic E-state index is 12.9. The van der Waals surface area contributed by atoms with E-state index in [9.17, 15) is 28.7 Å². The molecule has 9 heteroatoms. The Bertz CT molecular complexity index is 643. The molecular formula is C16H18FNO7. The van der Waals surface area contributed by atoms with Crippen molar-refractivity contribution in [3.63, 3.8) is 0 Å². The summed E-state index contributed by atoms with van der Waals surface area (Å²) in [6.07, 6.45) is 0. The first kappa shape index (κ1) is 20.1. The predicted octanol–water partition coefficient (Wildman–Crippen LogP) is 0.607.